The molecule has 2 aromatic rings. The zero-order valence-electron chi connectivity index (χ0n) is 14.1. The minimum Gasteiger partial charge on any atom is -0.497 e. The number of nitrogens with one attached hydrogen (secondary N) is 1. The molecule has 26 heavy (non-hydrogen) atoms. The predicted octanol–water partition coefficient (Wildman–Crippen LogP) is 1.97. The van der Waals surface area contributed by atoms with E-state index in [2.05, 4.69) is 10.3 Å². The molecule has 132 valence electrons. The van der Waals surface area contributed by atoms with Crippen molar-refractivity contribution in [1.29, 1.82) is 5.26 Å². The van der Waals surface area contributed by atoms with Crippen LogP contribution in [0.3, 0.4) is 0 Å². The molecule has 0 spiro atoms. The van der Waals surface area contributed by atoms with E-state index < -0.39 is 5.97 Å². The molecule has 0 saturated carbocycles. The summed E-state index contributed by atoms with van der Waals surface area (Å²) in [6.45, 7) is 0.0887. The molecular formula is C19H17N3O4. The second-order valence-electron chi connectivity index (χ2n) is 5.07. The molecule has 1 aromatic carbocycles. The fourth-order valence-corrected chi connectivity index (χ4v) is 2.00. The lowest BCUT2D eigenvalue weighted by molar-refractivity contribution is -0.138. The van der Waals surface area contributed by atoms with E-state index in [0.29, 0.717) is 16.9 Å². The van der Waals surface area contributed by atoms with Gasteiger partial charge in [0.15, 0.2) is 0 Å². The lowest BCUT2D eigenvalue weighted by atomic mass is 10.1. The van der Waals surface area contributed by atoms with Gasteiger partial charge in [0.1, 0.15) is 24.0 Å². The number of hydrogen-bond acceptors (Lipinski definition) is 6. The van der Waals surface area contributed by atoms with Crippen molar-refractivity contribution in [1.82, 2.24) is 10.3 Å². The smallest absolute Gasteiger partial charge is 0.348 e. The van der Waals surface area contributed by atoms with E-state index in [4.69, 9.17) is 14.7 Å². The van der Waals surface area contributed by atoms with Gasteiger partial charge in [-0.1, -0.05) is 12.1 Å². The van der Waals surface area contributed by atoms with E-state index in [1.54, 1.807) is 43.5 Å². The Kier molecular flexibility index (Phi) is 6.89. The van der Waals surface area contributed by atoms with Crippen LogP contribution in [0.1, 0.15) is 15.9 Å². The number of carbonyl (C=O) groups excluding carboxylic acids is 2. The minimum absolute atomic E-state index is 0.0444. The van der Waals surface area contributed by atoms with E-state index in [1.165, 1.54) is 18.5 Å². The first kappa shape index (κ1) is 18.7. The maximum Gasteiger partial charge on any atom is 0.348 e. The summed E-state index contributed by atoms with van der Waals surface area (Å²) in [5.74, 6) is -0.368. The van der Waals surface area contributed by atoms with Crippen molar-refractivity contribution >= 4 is 18.0 Å². The lowest BCUT2D eigenvalue weighted by Crippen LogP contribution is -2.28. The van der Waals surface area contributed by atoms with Crippen LogP contribution in [0.5, 0.6) is 5.75 Å². The Bertz CT molecular complexity index is 824. The molecule has 7 heteroatoms. The molecule has 1 aromatic heterocycles. The molecule has 0 aliphatic heterocycles. The van der Waals surface area contributed by atoms with Crippen molar-refractivity contribution < 1.29 is 19.1 Å². The fraction of sp³-hybridized carbons (Fsp3) is 0.158. The number of nitrogens with zero attached hydrogens (tertiary/aromatic N) is 2. The Morgan fingerprint density at radius 2 is 1.88 bits per heavy atom. The summed E-state index contributed by atoms with van der Waals surface area (Å²) in [5, 5.41) is 11.7. The Hall–Kier alpha value is -3.66. The molecule has 1 N–H and O–H groups in total. The van der Waals surface area contributed by atoms with Gasteiger partial charge in [0.05, 0.1) is 13.7 Å². The van der Waals surface area contributed by atoms with Crippen LogP contribution < -0.4 is 10.1 Å². The van der Waals surface area contributed by atoms with Crippen LogP contribution in [0.2, 0.25) is 0 Å². The van der Waals surface area contributed by atoms with E-state index in [1.807, 2.05) is 6.07 Å². The second kappa shape index (κ2) is 9.59. The highest BCUT2D eigenvalue weighted by molar-refractivity contribution is 5.98. The van der Waals surface area contributed by atoms with Gasteiger partial charge in [-0.05, 0) is 35.9 Å². The molecule has 1 heterocycles. The van der Waals surface area contributed by atoms with Crippen LogP contribution in [0.25, 0.3) is 6.08 Å². The van der Waals surface area contributed by atoms with Crippen molar-refractivity contribution in [3.63, 3.8) is 0 Å². The highest BCUT2D eigenvalue weighted by atomic mass is 16.5. The molecule has 2 rings (SSSR count). The van der Waals surface area contributed by atoms with Crippen molar-refractivity contribution in [3.8, 4) is 11.8 Å². The normalized spacial score (nSPS) is 10.5. The van der Waals surface area contributed by atoms with Crippen LogP contribution in [0.15, 0.2) is 54.4 Å². The first-order valence-corrected chi connectivity index (χ1v) is 7.75. The van der Waals surface area contributed by atoms with Crippen molar-refractivity contribution in [2.75, 3.05) is 20.3 Å². The lowest BCUT2D eigenvalue weighted by Gasteiger charge is -2.06. The summed E-state index contributed by atoms with van der Waals surface area (Å²) in [7, 11) is 1.55. The number of esters is 1. The van der Waals surface area contributed by atoms with Gasteiger partial charge in [-0.15, -0.1) is 0 Å². The summed E-state index contributed by atoms with van der Waals surface area (Å²) in [6.07, 6.45) is 4.45. The van der Waals surface area contributed by atoms with Crippen molar-refractivity contribution in [2.45, 2.75) is 0 Å². The quantitative estimate of drug-likeness (QED) is 0.354. The van der Waals surface area contributed by atoms with Gasteiger partial charge in [0.25, 0.3) is 5.91 Å². The SMILES string of the molecule is COc1ccc(/C=C(/C#N)C(=O)OCCNC(=O)c2ccncc2)cc1. The largest absolute Gasteiger partial charge is 0.497 e. The summed E-state index contributed by atoms with van der Waals surface area (Å²) >= 11 is 0. The fourth-order valence-electron chi connectivity index (χ4n) is 2.00. The maximum absolute atomic E-state index is 12.0. The van der Waals surface area contributed by atoms with Crippen LogP contribution in [-0.2, 0) is 9.53 Å². The monoisotopic (exact) mass is 351 g/mol. The van der Waals surface area contributed by atoms with Crippen LogP contribution in [0.4, 0.5) is 0 Å². The topological polar surface area (TPSA) is 101 Å². The Morgan fingerprint density at radius 1 is 1.19 bits per heavy atom. The number of amides is 1. The van der Waals surface area contributed by atoms with E-state index in [9.17, 15) is 9.59 Å². The van der Waals surface area contributed by atoms with Crippen LogP contribution in [0, 0.1) is 11.3 Å². The van der Waals surface area contributed by atoms with Crippen LogP contribution in [-0.4, -0.2) is 37.1 Å². The van der Waals surface area contributed by atoms with Gasteiger partial charge in [-0.2, -0.15) is 5.26 Å². The molecule has 0 saturated heterocycles. The number of pyridine rings is 1. The Morgan fingerprint density at radius 3 is 2.50 bits per heavy atom. The minimum atomic E-state index is -0.749. The highest BCUT2D eigenvalue weighted by Crippen LogP contribution is 2.14. The molecule has 0 aliphatic rings. The van der Waals surface area contributed by atoms with Gasteiger partial charge >= 0.3 is 5.97 Å². The summed E-state index contributed by atoms with van der Waals surface area (Å²) in [4.78, 5) is 27.6. The number of carbonyl (C=O) groups is 2. The molecular weight excluding hydrogens is 334 g/mol. The Labute approximate surface area is 150 Å². The number of aromatic nitrogens is 1. The molecule has 0 unspecified atom stereocenters. The molecule has 0 atom stereocenters. The van der Waals surface area contributed by atoms with Gasteiger partial charge in [-0.25, -0.2) is 4.79 Å². The molecule has 0 radical (unpaired) electrons. The van der Waals surface area contributed by atoms with Crippen molar-refractivity contribution in [3.05, 3.63) is 65.5 Å². The number of methoxy groups -OCH3 is 1. The number of nitriles is 1. The summed E-state index contributed by atoms with van der Waals surface area (Å²) < 4.78 is 10.1. The first-order chi connectivity index (χ1) is 12.6. The summed E-state index contributed by atoms with van der Waals surface area (Å²) in [6, 6.07) is 11.9. The number of ether oxygens (including phenoxy) is 2. The average Bonchev–Trinajstić information content (AvgIpc) is 2.70. The standard InChI is InChI=1S/C19H17N3O4/c1-25-17-4-2-14(3-5-17)12-16(13-20)19(24)26-11-10-22-18(23)15-6-8-21-9-7-15/h2-9,12H,10-11H2,1H3,(H,22,23)/b16-12-. The first-order valence-electron chi connectivity index (χ1n) is 7.75. The zero-order valence-corrected chi connectivity index (χ0v) is 14.1. The van der Waals surface area contributed by atoms with E-state index in [-0.39, 0.29) is 24.6 Å². The number of hydrogen-bond donors (Lipinski definition) is 1. The van der Waals surface area contributed by atoms with Gasteiger partial charge in [0, 0.05) is 18.0 Å². The zero-order chi connectivity index (χ0) is 18.8. The molecule has 1 amide bonds. The van der Waals surface area contributed by atoms with Gasteiger partial charge < -0.3 is 14.8 Å². The summed E-state index contributed by atoms with van der Waals surface area (Å²) in [5.41, 5.74) is 1.00. The van der Waals surface area contributed by atoms with Gasteiger partial charge in [0.2, 0.25) is 0 Å². The molecule has 7 nitrogen and oxygen atoms in total. The van der Waals surface area contributed by atoms with Crippen LogP contribution >= 0.6 is 0 Å². The third-order valence-electron chi connectivity index (χ3n) is 3.33. The third kappa shape index (κ3) is 5.46. The van der Waals surface area contributed by atoms with E-state index >= 15 is 0 Å². The Balaban J connectivity index is 1.84. The third-order valence-corrected chi connectivity index (χ3v) is 3.33. The second-order valence-corrected chi connectivity index (χ2v) is 5.07. The predicted molar refractivity (Wildman–Crippen MR) is 94.1 cm³/mol. The highest BCUT2D eigenvalue weighted by Gasteiger charge is 2.11. The maximum atomic E-state index is 12.0. The van der Waals surface area contributed by atoms with Crippen molar-refractivity contribution in [2.24, 2.45) is 0 Å². The molecule has 0 bridgehead atoms. The molecule has 0 aliphatic carbocycles. The van der Waals surface area contributed by atoms with E-state index in [0.717, 1.165) is 0 Å². The van der Waals surface area contributed by atoms with Gasteiger partial charge in [-0.3, -0.25) is 9.78 Å². The molecule has 0 fully saturated rings. The average molecular weight is 351 g/mol. The number of rotatable bonds is 7. The number of benzene rings is 1.